The van der Waals surface area contributed by atoms with Gasteiger partial charge in [0.25, 0.3) is 0 Å². The van der Waals surface area contributed by atoms with Crippen molar-refractivity contribution in [2.24, 2.45) is 0 Å². The van der Waals surface area contributed by atoms with Crippen LogP contribution in [0.2, 0.25) is 0 Å². The summed E-state index contributed by atoms with van der Waals surface area (Å²) in [4.78, 5) is 31.2. The van der Waals surface area contributed by atoms with Crippen molar-refractivity contribution in [3.8, 4) is 5.75 Å². The molecular weight excluding hydrogens is 416 g/mol. The summed E-state index contributed by atoms with van der Waals surface area (Å²) >= 11 is 0. The number of nitrogens with zero attached hydrogens (tertiary/aromatic N) is 3. The van der Waals surface area contributed by atoms with Crippen LogP contribution in [0.15, 0.2) is 42.5 Å². The van der Waals surface area contributed by atoms with Gasteiger partial charge in [-0.25, -0.2) is 0 Å². The van der Waals surface area contributed by atoms with Crippen molar-refractivity contribution in [3.63, 3.8) is 0 Å². The Bertz CT molecular complexity index is 943. The number of carbonyl (C=O) groups is 2. The molecule has 1 aliphatic rings. The van der Waals surface area contributed by atoms with Gasteiger partial charge in [0.15, 0.2) is 0 Å². The summed E-state index contributed by atoms with van der Waals surface area (Å²) in [5.41, 5.74) is 4.42. The Morgan fingerprint density at radius 3 is 2.52 bits per heavy atom. The van der Waals surface area contributed by atoms with Gasteiger partial charge in [0.05, 0.1) is 13.7 Å². The number of nitrogens with one attached hydrogen (secondary N) is 1. The smallest absolute Gasteiger partial charge is 0.242 e. The Hall–Kier alpha value is -3.06. The summed E-state index contributed by atoms with van der Waals surface area (Å²) in [6.07, 6.45) is 1.33. The van der Waals surface area contributed by atoms with E-state index in [0.717, 1.165) is 42.1 Å². The maximum atomic E-state index is 13.2. The molecule has 1 heterocycles. The van der Waals surface area contributed by atoms with Crippen LogP contribution in [-0.2, 0) is 29.1 Å². The summed E-state index contributed by atoms with van der Waals surface area (Å²) in [5, 5.41) is 3.37. The van der Waals surface area contributed by atoms with Crippen LogP contribution in [0.3, 0.4) is 0 Å². The van der Waals surface area contributed by atoms with E-state index in [9.17, 15) is 9.59 Å². The Morgan fingerprint density at radius 1 is 1.09 bits per heavy atom. The predicted molar refractivity (Wildman–Crippen MR) is 131 cm³/mol. The van der Waals surface area contributed by atoms with E-state index in [0.29, 0.717) is 26.1 Å². The lowest BCUT2D eigenvalue weighted by Gasteiger charge is -2.30. The lowest BCUT2D eigenvalue weighted by Crippen LogP contribution is -2.39. The maximum Gasteiger partial charge on any atom is 0.242 e. The first-order valence-corrected chi connectivity index (χ1v) is 11.6. The predicted octanol–water partition coefficient (Wildman–Crippen LogP) is 2.99. The molecule has 33 heavy (non-hydrogen) atoms. The third-order valence-corrected chi connectivity index (χ3v) is 6.05. The molecule has 7 nitrogen and oxygen atoms in total. The fourth-order valence-corrected chi connectivity index (χ4v) is 4.06. The number of hydrogen-bond acceptors (Lipinski definition) is 5. The number of carbonyl (C=O) groups excluding carboxylic acids is 2. The SMILES string of the molecule is CCC(=O)N1CCc2c(cccc2NCC(=O)N(CCN(C)C)Cc2ccc(OC)cc2)C1. The number of fused-ring (bicyclic) bond motifs is 1. The lowest BCUT2D eigenvalue weighted by molar-refractivity contribution is -0.132. The van der Waals surface area contributed by atoms with E-state index < -0.39 is 0 Å². The van der Waals surface area contributed by atoms with Crippen molar-refractivity contribution in [1.82, 2.24) is 14.7 Å². The lowest BCUT2D eigenvalue weighted by atomic mass is 9.97. The van der Waals surface area contributed by atoms with Gasteiger partial charge in [0, 0.05) is 44.8 Å². The summed E-state index contributed by atoms with van der Waals surface area (Å²) < 4.78 is 5.24. The van der Waals surface area contributed by atoms with Crippen LogP contribution in [-0.4, -0.2) is 73.9 Å². The molecule has 0 atom stereocenters. The molecule has 1 aliphatic heterocycles. The first kappa shape index (κ1) is 24.6. The third-order valence-electron chi connectivity index (χ3n) is 6.05. The second-order valence-corrected chi connectivity index (χ2v) is 8.68. The highest BCUT2D eigenvalue weighted by Gasteiger charge is 2.22. The van der Waals surface area contributed by atoms with Crippen LogP contribution in [0, 0.1) is 0 Å². The minimum Gasteiger partial charge on any atom is -0.497 e. The van der Waals surface area contributed by atoms with Crippen molar-refractivity contribution in [2.75, 3.05) is 52.7 Å². The van der Waals surface area contributed by atoms with Crippen LogP contribution in [0.1, 0.15) is 30.0 Å². The fourth-order valence-electron chi connectivity index (χ4n) is 4.06. The number of ether oxygens (including phenoxy) is 1. The molecule has 0 aliphatic carbocycles. The molecule has 0 unspecified atom stereocenters. The topological polar surface area (TPSA) is 65.1 Å². The standard InChI is InChI=1S/C26H36N4O3/c1-5-25(31)29-14-13-23-21(19-29)7-6-8-24(23)27-17-26(32)30(16-15-28(2)3)18-20-9-11-22(33-4)12-10-20/h6-12,27H,5,13-19H2,1-4H3. The van der Waals surface area contributed by atoms with Gasteiger partial charge >= 0.3 is 0 Å². The first-order chi connectivity index (χ1) is 15.9. The van der Waals surface area contributed by atoms with Crippen molar-refractivity contribution in [3.05, 3.63) is 59.2 Å². The quantitative estimate of drug-likeness (QED) is 0.600. The molecule has 2 aromatic carbocycles. The number of benzene rings is 2. The summed E-state index contributed by atoms with van der Waals surface area (Å²) in [6, 6.07) is 13.9. The summed E-state index contributed by atoms with van der Waals surface area (Å²) in [5.74, 6) is 1.05. The van der Waals surface area contributed by atoms with Gasteiger partial charge in [0.2, 0.25) is 11.8 Å². The molecule has 0 fully saturated rings. The van der Waals surface area contributed by atoms with Gasteiger partial charge in [-0.1, -0.05) is 31.2 Å². The minimum atomic E-state index is 0.0591. The zero-order valence-electron chi connectivity index (χ0n) is 20.3. The molecule has 1 N–H and O–H groups in total. The molecule has 0 saturated heterocycles. The monoisotopic (exact) mass is 452 g/mol. The normalized spacial score (nSPS) is 12.9. The number of methoxy groups -OCH3 is 1. The minimum absolute atomic E-state index is 0.0591. The molecule has 0 aromatic heterocycles. The highest BCUT2D eigenvalue weighted by Crippen LogP contribution is 2.26. The van der Waals surface area contributed by atoms with Crippen LogP contribution in [0.4, 0.5) is 5.69 Å². The highest BCUT2D eigenvalue weighted by molar-refractivity contribution is 5.81. The second-order valence-electron chi connectivity index (χ2n) is 8.68. The Balaban J connectivity index is 1.66. The average molecular weight is 453 g/mol. The Labute approximate surface area is 197 Å². The van der Waals surface area contributed by atoms with E-state index in [4.69, 9.17) is 4.74 Å². The van der Waals surface area contributed by atoms with Gasteiger partial charge < -0.3 is 24.8 Å². The van der Waals surface area contributed by atoms with Crippen molar-refractivity contribution >= 4 is 17.5 Å². The summed E-state index contributed by atoms with van der Waals surface area (Å²) in [7, 11) is 5.67. The van der Waals surface area contributed by atoms with Gasteiger partial charge in [-0.15, -0.1) is 0 Å². The number of likely N-dealkylation sites (N-methyl/N-ethyl adjacent to an activating group) is 1. The van der Waals surface area contributed by atoms with Crippen LogP contribution in [0.5, 0.6) is 5.75 Å². The van der Waals surface area contributed by atoms with E-state index in [1.165, 1.54) is 5.56 Å². The van der Waals surface area contributed by atoms with E-state index in [-0.39, 0.29) is 18.4 Å². The van der Waals surface area contributed by atoms with E-state index in [1.54, 1.807) is 7.11 Å². The van der Waals surface area contributed by atoms with Gasteiger partial charge in [0.1, 0.15) is 5.75 Å². The van der Waals surface area contributed by atoms with Crippen molar-refractivity contribution < 1.29 is 14.3 Å². The third kappa shape index (κ3) is 6.71. The number of rotatable bonds is 10. The van der Waals surface area contributed by atoms with Gasteiger partial charge in [-0.2, -0.15) is 0 Å². The van der Waals surface area contributed by atoms with E-state index in [2.05, 4.69) is 16.3 Å². The van der Waals surface area contributed by atoms with Gasteiger partial charge in [-0.05, 0) is 55.4 Å². The molecular formula is C26H36N4O3. The van der Waals surface area contributed by atoms with E-state index >= 15 is 0 Å². The van der Waals surface area contributed by atoms with E-state index in [1.807, 2.05) is 67.2 Å². The zero-order valence-corrected chi connectivity index (χ0v) is 20.3. The molecule has 2 aromatic rings. The largest absolute Gasteiger partial charge is 0.497 e. The number of amides is 2. The molecule has 2 amide bonds. The van der Waals surface area contributed by atoms with Gasteiger partial charge in [-0.3, -0.25) is 9.59 Å². The van der Waals surface area contributed by atoms with Crippen molar-refractivity contribution in [2.45, 2.75) is 32.9 Å². The van der Waals surface area contributed by atoms with Crippen molar-refractivity contribution in [1.29, 1.82) is 0 Å². The zero-order chi connectivity index (χ0) is 23.8. The Kier molecular flexibility index (Phi) is 8.72. The molecule has 0 spiro atoms. The molecule has 7 heteroatoms. The van der Waals surface area contributed by atoms with Crippen LogP contribution in [0.25, 0.3) is 0 Å². The molecule has 0 radical (unpaired) electrons. The highest BCUT2D eigenvalue weighted by atomic mass is 16.5. The molecule has 0 saturated carbocycles. The second kappa shape index (κ2) is 11.7. The van der Waals surface area contributed by atoms with Crippen LogP contribution >= 0.6 is 0 Å². The Morgan fingerprint density at radius 2 is 1.85 bits per heavy atom. The first-order valence-electron chi connectivity index (χ1n) is 11.6. The molecule has 3 rings (SSSR count). The number of anilines is 1. The average Bonchev–Trinajstić information content (AvgIpc) is 2.84. The molecule has 0 bridgehead atoms. The number of hydrogen-bond donors (Lipinski definition) is 1. The fraction of sp³-hybridized carbons (Fsp3) is 0.462. The maximum absolute atomic E-state index is 13.2. The van der Waals surface area contributed by atoms with Crippen LogP contribution < -0.4 is 10.1 Å². The molecule has 178 valence electrons. The summed E-state index contributed by atoms with van der Waals surface area (Å²) in [6.45, 7) is 5.49.